The molecule has 0 aliphatic carbocycles. The topological polar surface area (TPSA) is 106 Å². The minimum absolute atomic E-state index is 0.0938. The van der Waals surface area contributed by atoms with Crippen LogP contribution in [0, 0.1) is 31.1 Å². The van der Waals surface area contributed by atoms with Gasteiger partial charge in [-0.1, -0.05) is 13.8 Å². The second-order valence-electron chi connectivity index (χ2n) is 7.02. The number of carbonyl (C=O) groups is 1. The summed E-state index contributed by atoms with van der Waals surface area (Å²) in [5, 5.41) is 24.8. The molecule has 0 atom stereocenters. The van der Waals surface area contributed by atoms with Crippen LogP contribution in [0.25, 0.3) is 11.4 Å². The number of nitriles is 1. The third kappa shape index (κ3) is 4.97. The Labute approximate surface area is 173 Å². The van der Waals surface area contributed by atoms with E-state index in [1.165, 1.54) is 16.1 Å². The Hall–Kier alpha value is -3.25. The number of carbonyl (C=O) groups excluding carboxylic acids is 1. The Morgan fingerprint density at radius 3 is 2.69 bits per heavy atom. The molecule has 1 aromatic carbocycles. The summed E-state index contributed by atoms with van der Waals surface area (Å²) >= 11 is 1.38. The van der Waals surface area contributed by atoms with Gasteiger partial charge in [0.2, 0.25) is 11.7 Å². The predicted molar refractivity (Wildman–Crippen MR) is 111 cm³/mol. The third-order valence-electron chi connectivity index (χ3n) is 4.18. The van der Waals surface area contributed by atoms with Gasteiger partial charge in [0.05, 0.1) is 12.2 Å². The monoisotopic (exact) mass is 410 g/mol. The van der Waals surface area contributed by atoms with Crippen LogP contribution in [0.5, 0.6) is 5.75 Å². The number of thiophene rings is 1. The van der Waals surface area contributed by atoms with Crippen LogP contribution in [0.4, 0.5) is 5.00 Å². The maximum Gasteiger partial charge on any atom is 0.248 e. The molecule has 0 aliphatic heterocycles. The molecule has 0 spiro atoms. The zero-order valence-electron chi connectivity index (χ0n) is 16.8. The van der Waals surface area contributed by atoms with Crippen LogP contribution in [0.1, 0.15) is 29.9 Å². The van der Waals surface area contributed by atoms with E-state index in [-0.39, 0.29) is 12.5 Å². The van der Waals surface area contributed by atoms with E-state index in [4.69, 9.17) is 4.74 Å². The van der Waals surface area contributed by atoms with E-state index in [1.807, 2.05) is 38.1 Å². The van der Waals surface area contributed by atoms with Crippen molar-refractivity contribution >= 4 is 22.2 Å². The smallest absolute Gasteiger partial charge is 0.248 e. The molecule has 0 saturated carbocycles. The van der Waals surface area contributed by atoms with E-state index in [1.54, 1.807) is 0 Å². The van der Waals surface area contributed by atoms with Crippen LogP contribution in [-0.2, 0) is 11.3 Å². The molecule has 3 aromatic rings. The zero-order chi connectivity index (χ0) is 21.0. The fourth-order valence-corrected chi connectivity index (χ4v) is 3.56. The molecular weight excluding hydrogens is 388 g/mol. The normalized spacial score (nSPS) is 10.8. The van der Waals surface area contributed by atoms with E-state index in [2.05, 4.69) is 40.6 Å². The number of benzene rings is 1. The van der Waals surface area contributed by atoms with Gasteiger partial charge >= 0.3 is 0 Å². The van der Waals surface area contributed by atoms with Crippen molar-refractivity contribution in [2.24, 2.45) is 5.92 Å². The van der Waals surface area contributed by atoms with Crippen molar-refractivity contribution in [3.05, 3.63) is 40.3 Å². The predicted octanol–water partition coefficient (Wildman–Crippen LogP) is 3.56. The molecule has 0 fully saturated rings. The summed E-state index contributed by atoms with van der Waals surface area (Å²) < 4.78 is 5.67. The lowest BCUT2D eigenvalue weighted by atomic mass is 10.2. The van der Waals surface area contributed by atoms with E-state index < -0.39 is 0 Å². The molecule has 1 N–H and O–H groups in total. The molecular formula is C20H22N6O2S. The summed E-state index contributed by atoms with van der Waals surface area (Å²) in [5.41, 5.74) is 2.16. The Morgan fingerprint density at radius 2 is 2.03 bits per heavy atom. The largest absolute Gasteiger partial charge is 0.493 e. The van der Waals surface area contributed by atoms with Gasteiger partial charge in [-0.25, -0.2) is 0 Å². The first-order valence-corrected chi connectivity index (χ1v) is 10.00. The number of amides is 1. The highest BCUT2D eigenvalue weighted by molar-refractivity contribution is 7.16. The average Bonchev–Trinajstić information content (AvgIpc) is 3.25. The van der Waals surface area contributed by atoms with Gasteiger partial charge in [0.15, 0.2) is 0 Å². The summed E-state index contributed by atoms with van der Waals surface area (Å²) in [6.07, 6.45) is 0. The van der Waals surface area contributed by atoms with Gasteiger partial charge in [-0.15, -0.1) is 21.5 Å². The van der Waals surface area contributed by atoms with Gasteiger partial charge in [-0.05, 0) is 54.8 Å². The number of nitrogens with one attached hydrogen (secondary N) is 1. The minimum Gasteiger partial charge on any atom is -0.493 e. The molecule has 2 heterocycles. The van der Waals surface area contributed by atoms with E-state index in [0.717, 1.165) is 21.8 Å². The van der Waals surface area contributed by atoms with Crippen LogP contribution < -0.4 is 10.1 Å². The number of tetrazole rings is 1. The van der Waals surface area contributed by atoms with Crippen LogP contribution in [0.15, 0.2) is 24.3 Å². The number of aromatic nitrogens is 4. The first-order chi connectivity index (χ1) is 13.9. The Kier molecular flexibility index (Phi) is 6.24. The van der Waals surface area contributed by atoms with E-state index in [9.17, 15) is 10.1 Å². The quantitative estimate of drug-likeness (QED) is 0.638. The fourth-order valence-electron chi connectivity index (χ4n) is 2.53. The van der Waals surface area contributed by atoms with Gasteiger partial charge in [0.1, 0.15) is 23.4 Å². The molecule has 150 valence electrons. The first kappa shape index (κ1) is 20.5. The molecule has 0 aliphatic rings. The number of hydrogen-bond acceptors (Lipinski definition) is 7. The van der Waals surface area contributed by atoms with Gasteiger partial charge in [-0.2, -0.15) is 10.1 Å². The Bertz CT molecular complexity index is 1050. The van der Waals surface area contributed by atoms with Gasteiger partial charge in [-0.3, -0.25) is 4.79 Å². The number of ether oxygens (including phenoxy) is 1. The molecule has 3 rings (SSSR count). The van der Waals surface area contributed by atoms with Crippen molar-refractivity contribution in [1.82, 2.24) is 20.2 Å². The highest BCUT2D eigenvalue weighted by atomic mass is 32.1. The number of anilines is 1. The lowest BCUT2D eigenvalue weighted by molar-refractivity contribution is -0.117. The van der Waals surface area contributed by atoms with Gasteiger partial charge < -0.3 is 10.1 Å². The first-order valence-electron chi connectivity index (χ1n) is 9.18. The second kappa shape index (κ2) is 8.84. The van der Waals surface area contributed by atoms with E-state index >= 15 is 0 Å². The maximum atomic E-state index is 12.3. The van der Waals surface area contributed by atoms with Crippen molar-refractivity contribution in [2.75, 3.05) is 11.9 Å². The summed E-state index contributed by atoms with van der Waals surface area (Å²) in [5.74, 6) is 1.34. The molecule has 2 aromatic heterocycles. The Morgan fingerprint density at radius 1 is 1.31 bits per heavy atom. The molecule has 8 nitrogen and oxygen atoms in total. The number of hydrogen-bond donors (Lipinski definition) is 1. The second-order valence-corrected chi connectivity index (χ2v) is 8.24. The van der Waals surface area contributed by atoms with Crippen molar-refractivity contribution in [1.29, 1.82) is 5.26 Å². The Balaban J connectivity index is 1.64. The zero-order valence-corrected chi connectivity index (χ0v) is 17.6. The van der Waals surface area contributed by atoms with Crippen LogP contribution in [0.3, 0.4) is 0 Å². The van der Waals surface area contributed by atoms with Gasteiger partial charge in [0.25, 0.3) is 0 Å². The van der Waals surface area contributed by atoms with Crippen molar-refractivity contribution in [3.63, 3.8) is 0 Å². The molecule has 9 heteroatoms. The molecule has 0 saturated heterocycles. The molecule has 0 unspecified atom stereocenters. The minimum atomic E-state index is -0.316. The third-order valence-corrected chi connectivity index (χ3v) is 5.31. The lowest BCUT2D eigenvalue weighted by Gasteiger charge is -2.08. The fraction of sp³-hybridized carbons (Fsp3) is 0.350. The van der Waals surface area contributed by atoms with Crippen molar-refractivity contribution < 1.29 is 9.53 Å². The van der Waals surface area contributed by atoms with E-state index in [0.29, 0.717) is 28.9 Å². The maximum absolute atomic E-state index is 12.3. The highest BCUT2D eigenvalue weighted by Gasteiger charge is 2.16. The summed E-state index contributed by atoms with van der Waals surface area (Å²) in [6, 6.07) is 9.56. The number of aryl methyl sites for hydroxylation is 1. The molecule has 0 radical (unpaired) electrons. The van der Waals surface area contributed by atoms with Crippen LogP contribution in [-0.4, -0.2) is 32.7 Å². The van der Waals surface area contributed by atoms with Crippen molar-refractivity contribution in [3.8, 4) is 23.2 Å². The summed E-state index contributed by atoms with van der Waals surface area (Å²) in [6.45, 7) is 8.53. The van der Waals surface area contributed by atoms with Gasteiger partial charge in [0, 0.05) is 10.4 Å². The number of rotatable bonds is 7. The SMILES string of the molecule is Cc1sc(NC(=O)Cn2nnc(-c3ccc(OCC(C)C)cc3)n2)c(C#N)c1C. The van der Waals surface area contributed by atoms with Crippen LogP contribution in [0.2, 0.25) is 0 Å². The van der Waals surface area contributed by atoms with Crippen molar-refractivity contribution in [2.45, 2.75) is 34.2 Å². The highest BCUT2D eigenvalue weighted by Crippen LogP contribution is 2.31. The molecule has 0 bridgehead atoms. The number of nitrogens with zero attached hydrogens (tertiary/aromatic N) is 5. The summed E-state index contributed by atoms with van der Waals surface area (Å²) in [7, 11) is 0. The molecule has 29 heavy (non-hydrogen) atoms. The lowest BCUT2D eigenvalue weighted by Crippen LogP contribution is -2.20. The average molecular weight is 411 g/mol. The molecule has 1 amide bonds. The summed E-state index contributed by atoms with van der Waals surface area (Å²) in [4.78, 5) is 14.6. The standard InChI is InChI=1S/C20H22N6O2S/c1-12(2)11-28-16-7-5-15(6-8-16)19-23-25-26(24-19)10-18(27)22-20-17(9-21)13(3)14(4)29-20/h5-8,12H,10-11H2,1-4H3,(H,22,27). The van der Waals surface area contributed by atoms with Crippen LogP contribution >= 0.6 is 11.3 Å².